The van der Waals surface area contributed by atoms with Gasteiger partial charge in [-0.15, -0.1) is 0 Å². The molecule has 3 rings (SSSR count). The number of aromatic nitrogens is 1. The van der Waals surface area contributed by atoms with Gasteiger partial charge in [-0.05, 0) is 13.8 Å². The van der Waals surface area contributed by atoms with Crippen LogP contribution in [0, 0.1) is 13.8 Å². The summed E-state index contributed by atoms with van der Waals surface area (Å²) in [7, 11) is 0. The van der Waals surface area contributed by atoms with Gasteiger partial charge in [0, 0.05) is 27.9 Å². The molecule has 0 bridgehead atoms. The van der Waals surface area contributed by atoms with Crippen molar-refractivity contribution in [1.29, 1.82) is 0 Å². The van der Waals surface area contributed by atoms with E-state index in [9.17, 15) is 14.4 Å². The fourth-order valence-corrected chi connectivity index (χ4v) is 2.53. The average Bonchev–Trinajstić information content (AvgIpc) is 2.40. The predicted molar refractivity (Wildman–Crippen MR) is 69.8 cm³/mol. The number of aryl methyl sites for hydroxylation is 1. The van der Waals surface area contributed by atoms with Crippen molar-refractivity contribution in [3.63, 3.8) is 0 Å². The van der Waals surface area contributed by atoms with Crippen molar-refractivity contribution in [2.45, 2.75) is 13.8 Å². The molecule has 94 valence electrons. The Morgan fingerprint density at radius 2 is 1.37 bits per heavy atom. The van der Waals surface area contributed by atoms with Crippen LogP contribution in [-0.4, -0.2) is 16.6 Å². The van der Waals surface area contributed by atoms with E-state index in [1.807, 2.05) is 0 Å². The summed E-state index contributed by atoms with van der Waals surface area (Å²) in [4.78, 5) is 39.3. The quantitative estimate of drug-likeness (QED) is 0.664. The molecule has 1 N–H and O–H groups in total. The van der Waals surface area contributed by atoms with E-state index in [1.165, 1.54) is 0 Å². The van der Waals surface area contributed by atoms with Crippen LogP contribution in [0.5, 0.6) is 0 Å². The van der Waals surface area contributed by atoms with E-state index in [1.54, 1.807) is 38.1 Å². The van der Waals surface area contributed by atoms with Crippen LogP contribution >= 0.6 is 0 Å². The third kappa shape index (κ3) is 1.43. The highest BCUT2D eigenvalue weighted by Gasteiger charge is 2.33. The zero-order chi connectivity index (χ0) is 13.7. The van der Waals surface area contributed by atoms with Crippen molar-refractivity contribution < 1.29 is 9.59 Å². The second-order valence-electron chi connectivity index (χ2n) is 4.66. The molecule has 0 spiro atoms. The van der Waals surface area contributed by atoms with Crippen LogP contribution in [0.1, 0.15) is 43.1 Å². The number of carbonyl (C=O) groups is 2. The van der Waals surface area contributed by atoms with Crippen LogP contribution in [0.2, 0.25) is 0 Å². The number of H-pyrrole nitrogens is 1. The zero-order valence-corrected chi connectivity index (χ0v) is 10.5. The summed E-state index contributed by atoms with van der Waals surface area (Å²) in [6.45, 7) is 3.20. The van der Waals surface area contributed by atoms with Crippen molar-refractivity contribution in [2.75, 3.05) is 0 Å². The molecule has 1 aliphatic carbocycles. The molecule has 0 atom stereocenters. The van der Waals surface area contributed by atoms with Gasteiger partial charge in [0.15, 0.2) is 11.6 Å². The van der Waals surface area contributed by atoms with Gasteiger partial charge in [-0.2, -0.15) is 0 Å². The van der Waals surface area contributed by atoms with Gasteiger partial charge in [-0.25, -0.2) is 0 Å². The monoisotopic (exact) mass is 253 g/mol. The van der Waals surface area contributed by atoms with Gasteiger partial charge in [0.25, 0.3) is 5.56 Å². The molecule has 0 saturated carbocycles. The van der Waals surface area contributed by atoms with Gasteiger partial charge in [-0.1, -0.05) is 24.3 Å². The molecule has 4 nitrogen and oxygen atoms in total. The van der Waals surface area contributed by atoms with Crippen molar-refractivity contribution in [3.05, 3.63) is 68.1 Å². The first-order chi connectivity index (χ1) is 9.02. The van der Waals surface area contributed by atoms with Gasteiger partial charge >= 0.3 is 0 Å². The maximum absolute atomic E-state index is 12.5. The Balaban J connectivity index is 2.46. The van der Waals surface area contributed by atoms with E-state index in [0.29, 0.717) is 27.9 Å². The molecule has 19 heavy (non-hydrogen) atoms. The minimum atomic E-state index is -0.322. The van der Waals surface area contributed by atoms with E-state index in [0.717, 1.165) is 0 Å². The number of fused-ring (bicyclic) bond motifs is 2. The number of ketones is 2. The number of nitrogens with one attached hydrogen (secondary N) is 1. The molecule has 1 heterocycles. The fraction of sp³-hybridized carbons (Fsp3) is 0.133. The Bertz CT molecular complexity index is 800. The molecule has 1 aromatic heterocycles. The first-order valence-corrected chi connectivity index (χ1v) is 5.94. The average molecular weight is 253 g/mol. The van der Waals surface area contributed by atoms with Crippen LogP contribution in [-0.2, 0) is 0 Å². The molecule has 2 aromatic rings. The van der Waals surface area contributed by atoms with E-state index in [-0.39, 0.29) is 22.7 Å². The molecule has 0 radical (unpaired) electrons. The van der Waals surface area contributed by atoms with Gasteiger partial charge in [0.05, 0.1) is 5.56 Å². The number of pyridine rings is 1. The number of benzene rings is 1. The number of carbonyl (C=O) groups excluding carboxylic acids is 2. The van der Waals surface area contributed by atoms with Gasteiger partial charge < -0.3 is 4.98 Å². The summed E-state index contributed by atoms with van der Waals surface area (Å²) >= 11 is 0. The maximum Gasteiger partial charge on any atom is 0.251 e. The molecule has 1 aliphatic rings. The lowest BCUT2D eigenvalue weighted by molar-refractivity contribution is 0.0977. The van der Waals surface area contributed by atoms with E-state index in [2.05, 4.69) is 4.98 Å². The van der Waals surface area contributed by atoms with Crippen LogP contribution in [0.3, 0.4) is 0 Å². The third-order valence-electron chi connectivity index (χ3n) is 3.51. The van der Waals surface area contributed by atoms with Crippen molar-refractivity contribution in [2.24, 2.45) is 0 Å². The first kappa shape index (κ1) is 11.6. The molecule has 1 aromatic carbocycles. The summed E-state index contributed by atoms with van der Waals surface area (Å²) in [6, 6.07) is 6.69. The normalized spacial score (nSPS) is 13.2. The molecule has 0 saturated heterocycles. The zero-order valence-electron chi connectivity index (χ0n) is 10.5. The molecule has 0 fully saturated rings. The Morgan fingerprint density at radius 3 is 1.95 bits per heavy atom. The second kappa shape index (κ2) is 3.75. The minimum Gasteiger partial charge on any atom is -0.325 e. The number of hydrogen-bond acceptors (Lipinski definition) is 3. The number of hydrogen-bond donors (Lipinski definition) is 1. The number of aromatic amines is 1. The summed E-state index contributed by atoms with van der Waals surface area (Å²) in [5.41, 5.74) is 1.75. The Kier molecular flexibility index (Phi) is 2.29. The van der Waals surface area contributed by atoms with Gasteiger partial charge in [0.1, 0.15) is 0 Å². The van der Waals surface area contributed by atoms with Crippen LogP contribution < -0.4 is 5.56 Å². The topological polar surface area (TPSA) is 67.0 Å². The van der Waals surface area contributed by atoms with Gasteiger partial charge in [0.2, 0.25) is 0 Å². The van der Waals surface area contributed by atoms with Crippen LogP contribution in [0.25, 0.3) is 0 Å². The van der Waals surface area contributed by atoms with E-state index < -0.39 is 0 Å². The molecule has 0 amide bonds. The SMILES string of the molecule is Cc1[nH]c(=O)c(C)c2c1C(=O)c1ccccc1C2=O. The molecular formula is C15H11NO3. The van der Waals surface area contributed by atoms with E-state index >= 15 is 0 Å². The first-order valence-electron chi connectivity index (χ1n) is 5.94. The minimum absolute atomic E-state index is 0.206. The Hall–Kier alpha value is -2.49. The largest absolute Gasteiger partial charge is 0.325 e. The summed E-state index contributed by atoms with van der Waals surface area (Å²) < 4.78 is 0. The Morgan fingerprint density at radius 1 is 0.842 bits per heavy atom. The highest BCUT2D eigenvalue weighted by Crippen LogP contribution is 2.29. The summed E-state index contributed by atoms with van der Waals surface area (Å²) in [5, 5.41) is 0. The van der Waals surface area contributed by atoms with Crippen molar-refractivity contribution in [3.8, 4) is 0 Å². The number of rotatable bonds is 0. The Labute approximate surface area is 109 Å². The van der Waals surface area contributed by atoms with Crippen molar-refractivity contribution >= 4 is 11.6 Å². The molecule has 0 aliphatic heterocycles. The van der Waals surface area contributed by atoms with Crippen LogP contribution in [0.4, 0.5) is 0 Å². The lowest BCUT2D eigenvalue weighted by Crippen LogP contribution is -2.28. The molecular weight excluding hydrogens is 242 g/mol. The maximum atomic E-state index is 12.5. The third-order valence-corrected chi connectivity index (χ3v) is 3.51. The molecule has 4 heteroatoms. The second-order valence-corrected chi connectivity index (χ2v) is 4.66. The lowest BCUT2D eigenvalue weighted by atomic mass is 9.82. The van der Waals surface area contributed by atoms with Crippen molar-refractivity contribution in [1.82, 2.24) is 4.98 Å². The molecule has 0 unspecified atom stereocenters. The fourth-order valence-electron chi connectivity index (χ4n) is 2.53. The standard InChI is InChI=1S/C15H11NO3/c1-7-11-12(8(2)16-15(7)19)14(18)10-6-4-3-5-9(10)13(11)17/h3-6H,1-2H3,(H,16,19). The highest BCUT2D eigenvalue weighted by molar-refractivity contribution is 6.29. The highest BCUT2D eigenvalue weighted by atomic mass is 16.1. The van der Waals surface area contributed by atoms with E-state index in [4.69, 9.17) is 0 Å². The summed E-state index contributed by atoms with van der Waals surface area (Å²) in [6.07, 6.45) is 0. The smallest absolute Gasteiger partial charge is 0.251 e. The summed E-state index contributed by atoms with van der Waals surface area (Å²) in [5.74, 6) is -0.459. The predicted octanol–water partition coefficient (Wildman–Crippen LogP) is 1.77. The van der Waals surface area contributed by atoms with Crippen LogP contribution in [0.15, 0.2) is 29.1 Å². The van der Waals surface area contributed by atoms with Gasteiger partial charge in [-0.3, -0.25) is 14.4 Å². The lowest BCUT2D eigenvalue weighted by Gasteiger charge is -2.20.